The van der Waals surface area contributed by atoms with Gasteiger partial charge in [-0.2, -0.15) is 0 Å². The number of aromatic amines is 1. The highest BCUT2D eigenvalue weighted by atomic mass is 15.2. The second-order valence-corrected chi connectivity index (χ2v) is 6.66. The van der Waals surface area contributed by atoms with E-state index in [2.05, 4.69) is 69.1 Å². The fraction of sp³-hybridized carbons (Fsp3) is 0.450. The van der Waals surface area contributed by atoms with Crippen LogP contribution in [0.25, 0.3) is 10.9 Å². The lowest BCUT2D eigenvalue weighted by atomic mass is 10.1. The molecule has 3 rings (SSSR count). The lowest BCUT2D eigenvalue weighted by molar-refractivity contribution is 0.611. The molecule has 1 aromatic carbocycles. The predicted molar refractivity (Wildman–Crippen MR) is 110 cm³/mol. The third kappa shape index (κ3) is 5.32. The highest BCUT2D eigenvalue weighted by Gasteiger charge is 2.06. The van der Waals surface area contributed by atoms with E-state index in [9.17, 15) is 0 Å². The predicted octanol–water partition coefficient (Wildman–Crippen LogP) is 2.65. The van der Waals surface area contributed by atoms with Crippen molar-refractivity contribution >= 4 is 16.9 Å². The molecule has 0 aliphatic carbocycles. The van der Waals surface area contributed by atoms with Gasteiger partial charge in [-0.3, -0.25) is 4.99 Å². The molecular weight excluding hydrogens is 338 g/mol. The summed E-state index contributed by atoms with van der Waals surface area (Å²) in [5.74, 6) is 0.887. The standard InChI is InChI=1S/C20H29N7/c1-3-21-20(22-10-4-5-12-27-14-25-26-15-27)23-11-9-17-13-24-18-8-6-7-16(2)19(17)18/h6-8,13-15,24H,3-5,9-12H2,1-2H3,(H2,21,22,23). The van der Waals surface area contributed by atoms with Crippen LogP contribution >= 0.6 is 0 Å². The fourth-order valence-corrected chi connectivity index (χ4v) is 3.24. The van der Waals surface area contributed by atoms with E-state index in [1.165, 1.54) is 22.0 Å². The van der Waals surface area contributed by atoms with E-state index in [1.807, 2.05) is 4.57 Å². The largest absolute Gasteiger partial charge is 0.361 e. The molecule has 7 heteroatoms. The summed E-state index contributed by atoms with van der Waals surface area (Å²) in [5.41, 5.74) is 3.87. The SMILES string of the molecule is CCNC(=NCCCCn1cnnc1)NCCc1c[nH]c2cccc(C)c12. The van der Waals surface area contributed by atoms with Crippen molar-refractivity contribution in [3.8, 4) is 0 Å². The lowest BCUT2D eigenvalue weighted by Gasteiger charge is -2.11. The molecule has 0 radical (unpaired) electrons. The second kappa shape index (κ2) is 9.75. The Morgan fingerprint density at radius 2 is 2.04 bits per heavy atom. The van der Waals surface area contributed by atoms with Crippen molar-refractivity contribution in [3.63, 3.8) is 0 Å². The van der Waals surface area contributed by atoms with E-state index >= 15 is 0 Å². The van der Waals surface area contributed by atoms with Crippen molar-refractivity contribution in [1.82, 2.24) is 30.4 Å². The van der Waals surface area contributed by atoms with Crippen molar-refractivity contribution in [1.29, 1.82) is 0 Å². The molecule has 3 aromatic rings. The summed E-state index contributed by atoms with van der Waals surface area (Å²) in [4.78, 5) is 8.04. The Hall–Kier alpha value is -2.83. The maximum Gasteiger partial charge on any atom is 0.191 e. The number of aliphatic imine (C=N–C) groups is 1. The van der Waals surface area contributed by atoms with E-state index in [-0.39, 0.29) is 0 Å². The minimum atomic E-state index is 0.809. The Bertz CT molecular complexity index is 848. The zero-order valence-electron chi connectivity index (χ0n) is 16.2. The highest BCUT2D eigenvalue weighted by Crippen LogP contribution is 2.22. The molecule has 0 bridgehead atoms. The average Bonchev–Trinajstić information content (AvgIpc) is 3.32. The van der Waals surface area contributed by atoms with Crippen LogP contribution in [-0.4, -0.2) is 45.3 Å². The summed E-state index contributed by atoms with van der Waals surface area (Å²) in [5, 5.41) is 15.7. The summed E-state index contributed by atoms with van der Waals surface area (Å²) >= 11 is 0. The van der Waals surface area contributed by atoms with Gasteiger partial charge in [0.1, 0.15) is 12.7 Å². The van der Waals surface area contributed by atoms with Crippen LogP contribution in [0.4, 0.5) is 0 Å². The van der Waals surface area contributed by atoms with E-state index in [0.29, 0.717) is 0 Å². The Kier molecular flexibility index (Phi) is 6.84. The summed E-state index contributed by atoms with van der Waals surface area (Å²) in [6.45, 7) is 7.72. The van der Waals surface area contributed by atoms with Crippen LogP contribution in [0.15, 0.2) is 42.0 Å². The van der Waals surface area contributed by atoms with Gasteiger partial charge in [0.15, 0.2) is 5.96 Å². The van der Waals surface area contributed by atoms with E-state index in [1.54, 1.807) is 12.7 Å². The quantitative estimate of drug-likeness (QED) is 0.308. The van der Waals surface area contributed by atoms with Crippen LogP contribution in [-0.2, 0) is 13.0 Å². The minimum Gasteiger partial charge on any atom is -0.361 e. The molecule has 144 valence electrons. The third-order valence-corrected chi connectivity index (χ3v) is 4.59. The van der Waals surface area contributed by atoms with Crippen molar-refractivity contribution in [2.45, 2.75) is 39.7 Å². The normalized spacial score (nSPS) is 11.9. The number of guanidine groups is 1. The molecule has 0 atom stereocenters. The molecule has 27 heavy (non-hydrogen) atoms. The fourth-order valence-electron chi connectivity index (χ4n) is 3.24. The number of rotatable bonds is 9. The maximum absolute atomic E-state index is 4.68. The highest BCUT2D eigenvalue weighted by molar-refractivity contribution is 5.86. The number of unbranched alkanes of at least 4 members (excludes halogenated alkanes) is 1. The number of hydrogen-bond acceptors (Lipinski definition) is 3. The molecule has 0 saturated carbocycles. The first-order chi connectivity index (χ1) is 13.3. The summed E-state index contributed by atoms with van der Waals surface area (Å²) in [7, 11) is 0. The number of nitrogens with one attached hydrogen (secondary N) is 3. The molecule has 0 aliphatic rings. The number of benzene rings is 1. The van der Waals surface area contributed by atoms with Gasteiger partial charge in [0, 0.05) is 43.3 Å². The summed E-state index contributed by atoms with van der Waals surface area (Å²) in [6.07, 6.45) is 8.69. The first-order valence-corrected chi connectivity index (χ1v) is 9.68. The van der Waals surface area contributed by atoms with Crippen molar-refractivity contribution < 1.29 is 0 Å². The van der Waals surface area contributed by atoms with Crippen molar-refractivity contribution in [2.24, 2.45) is 4.99 Å². The van der Waals surface area contributed by atoms with E-state index < -0.39 is 0 Å². The number of aromatic nitrogens is 4. The van der Waals surface area contributed by atoms with Gasteiger partial charge in [-0.15, -0.1) is 10.2 Å². The Morgan fingerprint density at radius 1 is 1.19 bits per heavy atom. The molecule has 3 N–H and O–H groups in total. The smallest absolute Gasteiger partial charge is 0.191 e. The van der Waals surface area contributed by atoms with Crippen molar-refractivity contribution in [2.75, 3.05) is 19.6 Å². The lowest BCUT2D eigenvalue weighted by Crippen LogP contribution is -2.38. The molecule has 7 nitrogen and oxygen atoms in total. The molecule has 2 heterocycles. The molecule has 0 aliphatic heterocycles. The van der Waals surface area contributed by atoms with Gasteiger partial charge in [-0.1, -0.05) is 12.1 Å². The number of fused-ring (bicyclic) bond motifs is 1. The molecule has 0 unspecified atom stereocenters. The zero-order valence-corrected chi connectivity index (χ0v) is 16.2. The Balaban J connectivity index is 1.45. The first kappa shape index (κ1) is 18.9. The Labute approximate surface area is 160 Å². The number of aryl methyl sites for hydroxylation is 2. The monoisotopic (exact) mass is 367 g/mol. The number of hydrogen-bond donors (Lipinski definition) is 3. The van der Waals surface area contributed by atoms with Gasteiger partial charge < -0.3 is 20.2 Å². The second-order valence-electron chi connectivity index (χ2n) is 6.66. The molecule has 0 fully saturated rings. The van der Waals surface area contributed by atoms with Gasteiger partial charge in [0.25, 0.3) is 0 Å². The molecular formula is C20H29N7. The minimum absolute atomic E-state index is 0.809. The summed E-state index contributed by atoms with van der Waals surface area (Å²) in [6, 6.07) is 6.39. The van der Waals surface area contributed by atoms with Crippen LogP contribution in [0.2, 0.25) is 0 Å². The average molecular weight is 368 g/mol. The van der Waals surface area contributed by atoms with E-state index in [0.717, 1.165) is 51.4 Å². The molecule has 0 spiro atoms. The molecule has 2 aromatic heterocycles. The van der Waals surface area contributed by atoms with Crippen LogP contribution < -0.4 is 10.6 Å². The van der Waals surface area contributed by atoms with Crippen LogP contribution in [0.1, 0.15) is 30.9 Å². The van der Waals surface area contributed by atoms with Crippen LogP contribution in [0, 0.1) is 6.92 Å². The molecule has 0 saturated heterocycles. The zero-order chi connectivity index (χ0) is 18.9. The van der Waals surface area contributed by atoms with E-state index in [4.69, 9.17) is 0 Å². The van der Waals surface area contributed by atoms with Gasteiger partial charge in [-0.05, 0) is 50.3 Å². The summed E-state index contributed by atoms with van der Waals surface area (Å²) < 4.78 is 2.00. The number of H-pyrrole nitrogens is 1. The third-order valence-electron chi connectivity index (χ3n) is 4.59. The number of nitrogens with zero attached hydrogens (tertiary/aromatic N) is 4. The first-order valence-electron chi connectivity index (χ1n) is 9.68. The van der Waals surface area contributed by atoms with Crippen molar-refractivity contribution in [3.05, 3.63) is 48.2 Å². The Morgan fingerprint density at radius 3 is 2.85 bits per heavy atom. The van der Waals surface area contributed by atoms with Crippen LogP contribution in [0.3, 0.4) is 0 Å². The van der Waals surface area contributed by atoms with Gasteiger partial charge in [-0.25, -0.2) is 0 Å². The van der Waals surface area contributed by atoms with Gasteiger partial charge in [0.05, 0.1) is 0 Å². The topological polar surface area (TPSA) is 82.9 Å². The molecule has 0 amide bonds. The van der Waals surface area contributed by atoms with Gasteiger partial charge in [0.2, 0.25) is 0 Å². The van der Waals surface area contributed by atoms with Crippen LogP contribution in [0.5, 0.6) is 0 Å². The maximum atomic E-state index is 4.68. The van der Waals surface area contributed by atoms with Gasteiger partial charge >= 0.3 is 0 Å².